The molecule has 0 radical (unpaired) electrons. The number of likely N-dealkylation sites (tertiary alicyclic amines) is 1. The third-order valence-corrected chi connectivity index (χ3v) is 4.69. The Hall–Kier alpha value is -0.485. The van der Waals surface area contributed by atoms with Gasteiger partial charge in [-0.05, 0) is 0 Å². The zero-order chi connectivity index (χ0) is 18.5. The molecule has 12 heteroatoms. The van der Waals surface area contributed by atoms with Gasteiger partial charge in [-0.2, -0.15) is 13.2 Å². The summed E-state index contributed by atoms with van der Waals surface area (Å²) in [4.78, 5) is 0. The van der Waals surface area contributed by atoms with Crippen molar-refractivity contribution >= 4 is 15.9 Å². The molecule has 1 heterocycles. The molecule has 1 rings (SSSR count). The number of hydrogen-bond donors (Lipinski definition) is 0. The molecule has 0 aromatic carbocycles. The summed E-state index contributed by atoms with van der Waals surface area (Å²) in [7, 11) is -5.13. The molecule has 0 aromatic rings. The predicted molar refractivity (Wildman–Crippen MR) is 74.9 cm³/mol. The van der Waals surface area contributed by atoms with Crippen molar-refractivity contribution in [1.82, 2.24) is 0 Å². The van der Waals surface area contributed by atoms with Crippen molar-refractivity contribution in [3.05, 3.63) is 0 Å². The molecule has 4 nitrogen and oxygen atoms in total. The number of quaternary nitrogens is 1. The van der Waals surface area contributed by atoms with Gasteiger partial charge in [0.05, 0.1) is 19.6 Å². The quantitative estimate of drug-likeness (QED) is 0.423. The van der Waals surface area contributed by atoms with E-state index >= 15 is 0 Å². The first-order valence-corrected chi connectivity index (χ1v) is 8.57. The molecule has 0 amide bonds. The average Bonchev–Trinajstić information content (AvgIpc) is 2.74. The van der Waals surface area contributed by atoms with Crippen molar-refractivity contribution in [2.75, 3.05) is 33.5 Å². The van der Waals surface area contributed by atoms with Gasteiger partial charge in [0.15, 0.2) is 6.73 Å². The molecule has 1 fully saturated rings. The largest absolute Gasteiger partial charge is 0.616 e. The number of alkyl halides is 3. The van der Waals surface area contributed by atoms with E-state index in [4.69, 9.17) is 4.74 Å². The Balaban J connectivity index is 0.000000423. The van der Waals surface area contributed by atoms with Crippen LogP contribution in [-0.4, -0.2) is 58.1 Å². The van der Waals surface area contributed by atoms with Crippen LogP contribution < -0.4 is 0 Å². The summed E-state index contributed by atoms with van der Waals surface area (Å²) >= 11 is 0. The van der Waals surface area contributed by atoms with E-state index in [1.165, 1.54) is 37.0 Å². The molecule has 1 saturated heterocycles. The molecule has 140 valence electrons. The van der Waals surface area contributed by atoms with E-state index in [2.05, 4.69) is 13.8 Å². The second-order valence-corrected chi connectivity index (χ2v) is 8.08. The van der Waals surface area contributed by atoms with Crippen molar-refractivity contribution in [2.45, 2.75) is 32.2 Å². The van der Waals surface area contributed by atoms with Gasteiger partial charge in [-0.15, -0.1) is 0 Å². The van der Waals surface area contributed by atoms with Crippen LogP contribution in [0.5, 0.6) is 0 Å². The fourth-order valence-electron chi connectivity index (χ4n) is 2.57. The van der Waals surface area contributed by atoms with Gasteiger partial charge in [0.1, 0.15) is 0 Å². The Morgan fingerprint density at radius 1 is 1.13 bits per heavy atom. The lowest BCUT2D eigenvalue weighted by atomic mass is 10.2. The summed E-state index contributed by atoms with van der Waals surface area (Å²) in [5.41, 5.74) is -6.24. The molecule has 0 saturated carbocycles. The van der Waals surface area contributed by atoms with Crippen LogP contribution in [0.25, 0.3) is 0 Å². The minimum absolute atomic E-state index is 0.790. The fourth-order valence-corrected chi connectivity index (χ4v) is 2.87. The van der Waals surface area contributed by atoms with Crippen molar-refractivity contribution in [2.24, 2.45) is 5.92 Å². The maximum Gasteiger partial charge on any atom is 0.616 e. The maximum absolute atomic E-state index is 11.1. The van der Waals surface area contributed by atoms with Crippen LogP contribution in [0.1, 0.15) is 26.7 Å². The van der Waals surface area contributed by atoms with Gasteiger partial charge >= 0.3 is 11.8 Å². The van der Waals surface area contributed by atoms with Crippen molar-refractivity contribution in [3.63, 3.8) is 0 Å². The number of ether oxygens (including phenoxy) is 1. The normalized spacial score (nSPS) is 18.7. The van der Waals surface area contributed by atoms with Gasteiger partial charge in [-0.25, -0.2) is 0 Å². The van der Waals surface area contributed by atoms with Gasteiger partial charge in [0, 0.05) is 25.9 Å². The monoisotopic (exact) mass is 373 g/mol. The van der Waals surface area contributed by atoms with Crippen LogP contribution in [-0.2, 0) is 14.4 Å². The highest BCUT2D eigenvalue weighted by Gasteiger charge is 2.58. The van der Waals surface area contributed by atoms with Crippen LogP contribution in [0.15, 0.2) is 0 Å². The topological polar surface area (TPSA) is 43.4 Å². The highest BCUT2D eigenvalue weighted by Crippen LogP contribution is 2.33. The van der Waals surface area contributed by atoms with Gasteiger partial charge in [-0.1, -0.05) is 13.8 Å². The molecular formula is C11H22BF6NO3S. The second kappa shape index (κ2) is 8.06. The standard InChI is InChI=1S/C10H22NO.CBF6O2S/c1-10(2)8-11(9-12-3)6-4-5-7-11;3-1(4,5)11(9,10)2(6,7)8/h10H,4-9H2,1-3H3;/q+1;-1. The van der Waals surface area contributed by atoms with Crippen molar-refractivity contribution in [1.29, 1.82) is 0 Å². The Kier molecular flexibility index (Phi) is 7.89. The lowest BCUT2D eigenvalue weighted by Gasteiger charge is -2.34. The molecule has 0 atom stereocenters. The van der Waals surface area contributed by atoms with E-state index in [0.29, 0.717) is 0 Å². The van der Waals surface area contributed by atoms with E-state index < -0.39 is 21.5 Å². The van der Waals surface area contributed by atoms with E-state index in [1.807, 2.05) is 7.11 Å². The molecule has 23 heavy (non-hydrogen) atoms. The Morgan fingerprint density at radius 3 is 1.78 bits per heavy atom. The van der Waals surface area contributed by atoms with Crippen LogP contribution in [0, 0.1) is 5.92 Å². The summed E-state index contributed by atoms with van der Waals surface area (Å²) in [5, 5.41) is 0. The molecule has 0 N–H and O–H groups in total. The number of rotatable bonds is 5. The zero-order valence-corrected chi connectivity index (χ0v) is 14.1. The lowest BCUT2D eigenvalue weighted by Crippen LogP contribution is -2.48. The number of methoxy groups -OCH3 is 1. The zero-order valence-electron chi connectivity index (χ0n) is 13.2. The van der Waals surface area contributed by atoms with Crippen molar-refractivity contribution < 1.29 is 43.8 Å². The van der Waals surface area contributed by atoms with Crippen LogP contribution in [0.4, 0.5) is 26.1 Å². The molecule has 0 unspecified atom stereocenters. The third kappa shape index (κ3) is 6.50. The van der Waals surface area contributed by atoms with E-state index in [9.17, 15) is 34.5 Å². The maximum atomic E-state index is 11.1. The smallest absolute Gasteiger partial charge is 0.436 e. The van der Waals surface area contributed by atoms with E-state index in [1.54, 1.807) is 0 Å². The van der Waals surface area contributed by atoms with Gasteiger partial charge in [0.2, 0.25) is 9.69 Å². The number of nitrogens with zero attached hydrogens (tertiary/aromatic N) is 1. The molecule has 1 aliphatic rings. The fraction of sp³-hybridized carbons (Fsp3) is 1.00. The Morgan fingerprint density at radius 2 is 1.57 bits per heavy atom. The molecule has 0 aromatic heterocycles. The molecular weight excluding hydrogens is 351 g/mol. The van der Waals surface area contributed by atoms with Gasteiger partial charge in [-0.3, -0.25) is 8.42 Å². The third-order valence-electron chi connectivity index (χ3n) is 3.34. The first-order chi connectivity index (χ1) is 10.2. The predicted octanol–water partition coefficient (Wildman–Crippen LogP) is 3.12. The summed E-state index contributed by atoms with van der Waals surface area (Å²) in [6.07, 6.45) is -4.13. The first kappa shape index (κ1) is 22.5. The minimum Gasteiger partial charge on any atom is -0.436 e. The van der Waals surface area contributed by atoms with Crippen molar-refractivity contribution in [3.8, 4) is 0 Å². The number of hydrogen-bond acceptors (Lipinski definition) is 3. The molecule has 1 aliphatic heterocycles. The lowest BCUT2D eigenvalue weighted by molar-refractivity contribution is -0.937. The highest BCUT2D eigenvalue weighted by molar-refractivity contribution is 8.20. The molecule has 0 aliphatic carbocycles. The SMILES string of the molecule is COC[N+]1(CC(C)C)CCCC1.O=S(=O)([B-](F)(F)F)C(F)(F)F. The summed E-state index contributed by atoms with van der Waals surface area (Å²) in [6, 6.07) is 0. The minimum atomic E-state index is -6.95. The van der Waals surface area contributed by atoms with Crippen LogP contribution in [0.3, 0.4) is 0 Å². The molecule has 0 spiro atoms. The Bertz CT molecular complexity index is 437. The number of halogens is 6. The van der Waals surface area contributed by atoms with E-state index in [0.717, 1.165) is 12.6 Å². The first-order valence-electron chi connectivity index (χ1n) is 7.02. The second-order valence-electron chi connectivity index (χ2n) is 6.00. The highest BCUT2D eigenvalue weighted by atomic mass is 32.2. The van der Waals surface area contributed by atoms with Gasteiger partial charge < -0.3 is 22.2 Å². The van der Waals surface area contributed by atoms with E-state index in [-0.39, 0.29) is 0 Å². The summed E-state index contributed by atoms with van der Waals surface area (Å²) in [6.45, 7) is 9.45. The summed E-state index contributed by atoms with van der Waals surface area (Å²) < 4.78 is 91.8. The van der Waals surface area contributed by atoms with Gasteiger partial charge in [0.25, 0.3) is 0 Å². The average molecular weight is 373 g/mol. The summed E-state index contributed by atoms with van der Waals surface area (Å²) in [5.74, 6) is 0.790. The van der Waals surface area contributed by atoms with Crippen LogP contribution in [0.2, 0.25) is 0 Å². The Labute approximate surface area is 132 Å². The molecule has 0 bridgehead atoms. The van der Waals surface area contributed by atoms with Crippen LogP contribution >= 0.6 is 0 Å².